The van der Waals surface area contributed by atoms with Crippen LogP contribution in [0.3, 0.4) is 0 Å². The fraction of sp³-hybridized carbons (Fsp3) is 0.400. The van der Waals surface area contributed by atoms with Gasteiger partial charge in [0.25, 0.3) is 0 Å². The molecule has 0 atom stereocenters. The van der Waals surface area contributed by atoms with Gasteiger partial charge in [-0.3, -0.25) is 0 Å². The molecule has 0 aliphatic carbocycles. The Kier molecular flexibility index (Phi) is 3.57. The predicted octanol–water partition coefficient (Wildman–Crippen LogP) is 3.04. The molecule has 84 valence electrons. The molecule has 1 nitrogen and oxygen atoms in total. The summed E-state index contributed by atoms with van der Waals surface area (Å²) in [6.45, 7) is 3.85. The Labute approximate surface area is 88.0 Å². The first-order valence-corrected chi connectivity index (χ1v) is 7.66. The Balaban J connectivity index is 2.98. The molecule has 0 saturated heterocycles. The molecule has 1 aromatic rings. The molecule has 0 heterocycles. The summed E-state index contributed by atoms with van der Waals surface area (Å²) in [6, 6.07) is 2.50. The molecule has 0 aliphatic heterocycles. The van der Waals surface area contributed by atoms with Crippen LogP contribution in [-0.2, 0) is 10.5 Å². The van der Waals surface area contributed by atoms with Gasteiger partial charge in [0, 0.05) is 7.11 Å². The summed E-state index contributed by atoms with van der Waals surface area (Å²) in [4.78, 5) is 0. The maximum atomic E-state index is 12.9. The molecule has 5 heteroatoms. The highest BCUT2D eigenvalue weighted by Crippen LogP contribution is 2.18. The van der Waals surface area contributed by atoms with Gasteiger partial charge in [0.2, 0.25) is 0 Å². The van der Waals surface area contributed by atoms with E-state index in [0.717, 1.165) is 12.1 Å². The van der Waals surface area contributed by atoms with Crippen LogP contribution in [-0.4, -0.2) is 15.4 Å². The Morgan fingerprint density at radius 2 is 1.60 bits per heavy atom. The molecule has 15 heavy (non-hydrogen) atoms. The fourth-order valence-corrected chi connectivity index (χ4v) is 2.61. The van der Waals surface area contributed by atoms with E-state index in [9.17, 15) is 13.2 Å². The molecule has 0 bridgehead atoms. The van der Waals surface area contributed by atoms with Gasteiger partial charge in [-0.25, -0.2) is 13.2 Å². The van der Waals surface area contributed by atoms with Crippen LogP contribution >= 0.6 is 0 Å². The van der Waals surface area contributed by atoms with Crippen molar-refractivity contribution >= 4 is 8.32 Å². The summed E-state index contributed by atoms with van der Waals surface area (Å²) in [5.41, 5.74) is 0.435. The van der Waals surface area contributed by atoms with Crippen molar-refractivity contribution in [3.05, 3.63) is 35.1 Å². The Morgan fingerprint density at radius 1 is 1.13 bits per heavy atom. The van der Waals surface area contributed by atoms with E-state index in [0.29, 0.717) is 11.6 Å². The summed E-state index contributed by atoms with van der Waals surface area (Å²) in [6.07, 6.45) is 0. The van der Waals surface area contributed by atoms with Crippen molar-refractivity contribution < 1.29 is 17.6 Å². The van der Waals surface area contributed by atoms with Crippen molar-refractivity contribution in [1.29, 1.82) is 0 Å². The Bertz CT molecular complexity index is 343. The van der Waals surface area contributed by atoms with Crippen LogP contribution in [0.4, 0.5) is 13.2 Å². The van der Waals surface area contributed by atoms with E-state index >= 15 is 0 Å². The van der Waals surface area contributed by atoms with Crippen LogP contribution in [0.5, 0.6) is 0 Å². The molecule has 0 N–H and O–H groups in total. The van der Waals surface area contributed by atoms with E-state index in [4.69, 9.17) is 4.43 Å². The number of benzene rings is 1. The van der Waals surface area contributed by atoms with Crippen molar-refractivity contribution in [2.45, 2.75) is 19.1 Å². The van der Waals surface area contributed by atoms with Gasteiger partial charge in [-0.1, -0.05) is 0 Å². The van der Waals surface area contributed by atoms with Crippen molar-refractivity contribution in [2.24, 2.45) is 0 Å². The monoisotopic (exact) mass is 234 g/mol. The third kappa shape index (κ3) is 3.07. The molecular formula is C10H13F3OSi. The largest absolute Gasteiger partial charge is 0.420 e. The average molecular weight is 234 g/mol. The zero-order chi connectivity index (χ0) is 11.6. The van der Waals surface area contributed by atoms with Gasteiger partial charge < -0.3 is 4.43 Å². The van der Waals surface area contributed by atoms with E-state index in [2.05, 4.69) is 0 Å². The molecule has 0 unspecified atom stereocenters. The number of hydrogen-bond acceptors (Lipinski definition) is 1. The third-order valence-corrected chi connectivity index (χ3v) is 4.59. The molecule has 0 aromatic heterocycles. The summed E-state index contributed by atoms with van der Waals surface area (Å²) < 4.78 is 43.7. The van der Waals surface area contributed by atoms with Gasteiger partial charge >= 0.3 is 0 Å². The van der Waals surface area contributed by atoms with Crippen LogP contribution in [0.15, 0.2) is 12.1 Å². The highest BCUT2D eigenvalue weighted by atomic mass is 28.4. The summed E-state index contributed by atoms with van der Waals surface area (Å²) in [5.74, 6) is -3.72. The van der Waals surface area contributed by atoms with Gasteiger partial charge in [-0.2, -0.15) is 0 Å². The predicted molar refractivity (Wildman–Crippen MR) is 54.5 cm³/mol. The first-order chi connectivity index (χ1) is 6.85. The molecule has 0 fully saturated rings. The van der Waals surface area contributed by atoms with Gasteiger partial charge in [-0.15, -0.1) is 0 Å². The Hall–Kier alpha value is -0.813. The Morgan fingerprint density at radius 3 is 2.00 bits per heavy atom. The normalized spacial score (nSPS) is 11.9. The highest BCUT2D eigenvalue weighted by Gasteiger charge is 2.22. The second-order valence-corrected chi connectivity index (χ2v) is 8.30. The van der Waals surface area contributed by atoms with Crippen molar-refractivity contribution in [3.63, 3.8) is 0 Å². The van der Waals surface area contributed by atoms with Crippen LogP contribution in [0, 0.1) is 17.5 Å². The van der Waals surface area contributed by atoms with Crippen LogP contribution in [0.2, 0.25) is 13.1 Å². The quantitative estimate of drug-likeness (QED) is 0.577. The van der Waals surface area contributed by atoms with Crippen molar-refractivity contribution in [2.75, 3.05) is 7.11 Å². The van der Waals surface area contributed by atoms with E-state index in [1.54, 1.807) is 7.11 Å². The molecule has 0 spiro atoms. The molecule has 0 saturated carbocycles. The van der Waals surface area contributed by atoms with Gasteiger partial charge in [0.1, 0.15) is 0 Å². The average Bonchev–Trinajstić information content (AvgIpc) is 2.13. The molecule has 0 radical (unpaired) electrons. The zero-order valence-corrected chi connectivity index (χ0v) is 9.90. The maximum absolute atomic E-state index is 12.9. The van der Waals surface area contributed by atoms with E-state index in [-0.39, 0.29) is 0 Å². The van der Waals surface area contributed by atoms with Gasteiger partial charge in [-0.05, 0) is 36.8 Å². The SMILES string of the molecule is CO[Si](C)(C)Cc1cc(F)c(F)c(F)c1. The summed E-state index contributed by atoms with van der Waals surface area (Å²) in [7, 11) is -0.365. The lowest BCUT2D eigenvalue weighted by Crippen LogP contribution is -2.32. The molecule has 1 rings (SSSR count). The van der Waals surface area contributed by atoms with Crippen molar-refractivity contribution in [1.82, 2.24) is 0 Å². The fourth-order valence-electron chi connectivity index (χ4n) is 1.27. The second kappa shape index (κ2) is 4.36. The first kappa shape index (κ1) is 12.3. The third-order valence-electron chi connectivity index (χ3n) is 2.23. The lowest BCUT2D eigenvalue weighted by atomic mass is 10.2. The first-order valence-electron chi connectivity index (χ1n) is 4.54. The van der Waals surface area contributed by atoms with Crippen LogP contribution in [0.25, 0.3) is 0 Å². The smallest absolute Gasteiger partial charge is 0.194 e. The lowest BCUT2D eigenvalue weighted by molar-refractivity contribution is 0.402. The van der Waals surface area contributed by atoms with Crippen molar-refractivity contribution in [3.8, 4) is 0 Å². The summed E-state index contributed by atoms with van der Waals surface area (Å²) >= 11 is 0. The number of rotatable bonds is 3. The maximum Gasteiger partial charge on any atom is 0.194 e. The molecule has 0 amide bonds. The lowest BCUT2D eigenvalue weighted by Gasteiger charge is -2.19. The topological polar surface area (TPSA) is 9.23 Å². The van der Waals surface area contributed by atoms with E-state index in [1.165, 1.54) is 0 Å². The van der Waals surface area contributed by atoms with E-state index in [1.807, 2.05) is 13.1 Å². The van der Waals surface area contributed by atoms with Gasteiger partial charge in [0.15, 0.2) is 25.8 Å². The zero-order valence-electron chi connectivity index (χ0n) is 8.90. The van der Waals surface area contributed by atoms with Crippen LogP contribution < -0.4 is 0 Å². The van der Waals surface area contributed by atoms with Gasteiger partial charge in [0.05, 0.1) is 0 Å². The number of hydrogen-bond donors (Lipinski definition) is 0. The molecule has 0 aliphatic rings. The minimum atomic E-state index is -1.94. The summed E-state index contributed by atoms with van der Waals surface area (Å²) in [5, 5.41) is 0. The standard InChI is InChI=1S/C10H13F3OSi/c1-14-15(2,3)6-7-4-8(11)10(13)9(12)5-7/h4-5H,6H2,1-3H3. The molecular weight excluding hydrogens is 221 g/mol. The minimum absolute atomic E-state index is 0.435. The highest BCUT2D eigenvalue weighted by molar-refractivity contribution is 6.70. The van der Waals surface area contributed by atoms with Crippen LogP contribution in [0.1, 0.15) is 5.56 Å². The number of halogens is 3. The van der Waals surface area contributed by atoms with E-state index < -0.39 is 25.8 Å². The minimum Gasteiger partial charge on any atom is -0.420 e. The second-order valence-electron chi connectivity index (χ2n) is 4.01. The molecule has 1 aromatic carbocycles.